The summed E-state index contributed by atoms with van der Waals surface area (Å²) in [5.41, 5.74) is 3.78. The fraction of sp³-hybridized carbons (Fsp3) is 0.0417. The van der Waals surface area contributed by atoms with Crippen LogP contribution in [0, 0.1) is 0 Å². The summed E-state index contributed by atoms with van der Waals surface area (Å²) in [6.45, 7) is 0.474. The number of nitrogens with zero attached hydrogens (tertiary/aromatic N) is 3. The van der Waals surface area contributed by atoms with Crippen molar-refractivity contribution in [2.24, 2.45) is 0 Å². The predicted octanol–water partition coefficient (Wildman–Crippen LogP) is 3.83. The molecule has 8 nitrogen and oxygen atoms in total. The number of nitrogens with one attached hydrogen (secondary N) is 3. The molecule has 0 saturated heterocycles. The van der Waals surface area contributed by atoms with Crippen LogP contribution in [0.2, 0.25) is 0 Å². The number of rotatable bonds is 6. The Bertz CT molecular complexity index is 1460. The monoisotopic (exact) mass is 421 g/mol. The number of benzene rings is 2. The zero-order valence-corrected chi connectivity index (χ0v) is 16.8. The molecule has 2 aromatic carbocycles. The third kappa shape index (κ3) is 3.65. The number of aromatic nitrogens is 4. The van der Waals surface area contributed by atoms with Crippen molar-refractivity contribution < 1.29 is 9.59 Å². The van der Waals surface area contributed by atoms with Crippen LogP contribution < -0.4 is 10.6 Å². The Morgan fingerprint density at radius 3 is 2.78 bits per heavy atom. The lowest BCUT2D eigenvalue weighted by Crippen LogP contribution is -2.12. The minimum Gasteiger partial charge on any atom is -0.365 e. The summed E-state index contributed by atoms with van der Waals surface area (Å²) in [5, 5.41) is 7.73. The largest absolute Gasteiger partial charge is 0.365 e. The first-order valence-corrected chi connectivity index (χ1v) is 9.91. The van der Waals surface area contributed by atoms with E-state index in [9.17, 15) is 9.59 Å². The summed E-state index contributed by atoms with van der Waals surface area (Å²) in [4.78, 5) is 39.6. The molecule has 1 amide bonds. The lowest BCUT2D eigenvalue weighted by molar-refractivity contribution is 0.102. The summed E-state index contributed by atoms with van der Waals surface area (Å²) in [7, 11) is 0. The fourth-order valence-corrected chi connectivity index (χ4v) is 3.60. The Labute approximate surface area is 182 Å². The van der Waals surface area contributed by atoms with Crippen molar-refractivity contribution in [1.82, 2.24) is 19.9 Å². The van der Waals surface area contributed by atoms with E-state index in [1.165, 1.54) is 6.33 Å². The molecule has 0 saturated carbocycles. The standard InChI is InChI=1S/C24H17N6O2/c31-13-16-5-2-7-19-21(16)28-14-29-23(19)26-11-15-4-1-6-17(10-15)30-24(32)20-12-27-22-18(20)8-3-9-25-22/h1-10,12,14H,11H2,(H,25,27)(H,30,32)(H,26,28,29). The van der Waals surface area contributed by atoms with Crippen LogP contribution in [0.1, 0.15) is 21.5 Å². The van der Waals surface area contributed by atoms with Gasteiger partial charge in [0, 0.05) is 35.4 Å². The number of anilines is 2. The van der Waals surface area contributed by atoms with E-state index >= 15 is 0 Å². The van der Waals surface area contributed by atoms with E-state index < -0.39 is 0 Å². The molecule has 8 heteroatoms. The highest BCUT2D eigenvalue weighted by Crippen LogP contribution is 2.23. The molecule has 1 radical (unpaired) electrons. The second-order valence-electron chi connectivity index (χ2n) is 7.14. The van der Waals surface area contributed by atoms with Gasteiger partial charge in [-0.05, 0) is 42.0 Å². The SMILES string of the molecule is O=[C]c1cccc2c(NCc3cccc(NC(=O)c4c[nH]c5ncccc45)c3)ncnc12. The maximum Gasteiger partial charge on any atom is 0.257 e. The van der Waals surface area contributed by atoms with E-state index in [1.807, 2.05) is 42.7 Å². The Kier molecular flexibility index (Phi) is 5.01. The maximum atomic E-state index is 12.8. The van der Waals surface area contributed by atoms with Gasteiger partial charge in [-0.1, -0.05) is 18.2 Å². The first kappa shape index (κ1) is 19.4. The van der Waals surface area contributed by atoms with Gasteiger partial charge in [0.15, 0.2) is 0 Å². The second-order valence-corrected chi connectivity index (χ2v) is 7.14. The van der Waals surface area contributed by atoms with Crippen LogP contribution in [-0.4, -0.2) is 32.1 Å². The van der Waals surface area contributed by atoms with E-state index in [-0.39, 0.29) is 5.91 Å². The molecule has 3 heterocycles. The molecule has 3 aromatic heterocycles. The summed E-state index contributed by atoms with van der Waals surface area (Å²) in [5.74, 6) is 0.404. The van der Waals surface area contributed by atoms with Crippen LogP contribution >= 0.6 is 0 Å². The van der Waals surface area contributed by atoms with Gasteiger partial charge in [0.05, 0.1) is 16.6 Å². The Balaban J connectivity index is 1.33. The average molecular weight is 421 g/mol. The molecular formula is C24H17N6O2. The Morgan fingerprint density at radius 1 is 1.00 bits per heavy atom. The summed E-state index contributed by atoms with van der Waals surface area (Å²) < 4.78 is 0. The van der Waals surface area contributed by atoms with Crippen molar-refractivity contribution in [2.45, 2.75) is 6.54 Å². The van der Waals surface area contributed by atoms with Gasteiger partial charge in [-0.2, -0.15) is 0 Å². The molecule has 32 heavy (non-hydrogen) atoms. The van der Waals surface area contributed by atoms with E-state index in [0.717, 1.165) is 16.3 Å². The van der Waals surface area contributed by atoms with Gasteiger partial charge in [0.25, 0.3) is 5.91 Å². The molecule has 0 atom stereocenters. The number of aromatic amines is 1. The van der Waals surface area contributed by atoms with Crippen molar-refractivity contribution in [2.75, 3.05) is 10.6 Å². The van der Waals surface area contributed by atoms with E-state index in [0.29, 0.717) is 40.3 Å². The van der Waals surface area contributed by atoms with Gasteiger partial charge in [-0.3, -0.25) is 9.59 Å². The molecule has 0 aliphatic heterocycles. The van der Waals surface area contributed by atoms with Crippen LogP contribution in [0.3, 0.4) is 0 Å². The molecule has 0 fully saturated rings. The highest BCUT2D eigenvalue weighted by atomic mass is 16.1. The number of para-hydroxylation sites is 1. The maximum absolute atomic E-state index is 12.8. The topological polar surface area (TPSA) is 113 Å². The zero-order chi connectivity index (χ0) is 21.9. The summed E-state index contributed by atoms with van der Waals surface area (Å²) >= 11 is 0. The van der Waals surface area contributed by atoms with Gasteiger partial charge in [0.2, 0.25) is 6.29 Å². The molecule has 3 N–H and O–H groups in total. The van der Waals surface area contributed by atoms with Crippen molar-refractivity contribution >= 4 is 45.6 Å². The second kappa shape index (κ2) is 8.27. The predicted molar refractivity (Wildman–Crippen MR) is 122 cm³/mol. The number of amides is 1. The van der Waals surface area contributed by atoms with E-state index in [4.69, 9.17) is 0 Å². The zero-order valence-electron chi connectivity index (χ0n) is 16.8. The quantitative estimate of drug-likeness (QED) is 0.384. The van der Waals surface area contributed by atoms with Crippen molar-refractivity contribution in [3.63, 3.8) is 0 Å². The molecular weight excluding hydrogens is 404 g/mol. The first-order chi connectivity index (χ1) is 15.7. The third-order valence-electron chi connectivity index (χ3n) is 5.12. The van der Waals surface area contributed by atoms with Crippen molar-refractivity contribution in [3.8, 4) is 0 Å². The lowest BCUT2D eigenvalue weighted by atomic mass is 10.1. The van der Waals surface area contributed by atoms with Gasteiger partial charge >= 0.3 is 0 Å². The molecule has 0 aliphatic carbocycles. The minimum atomic E-state index is -0.214. The number of hydrogen-bond donors (Lipinski definition) is 3. The number of pyridine rings is 1. The number of hydrogen-bond acceptors (Lipinski definition) is 6. The molecule has 0 spiro atoms. The van der Waals surface area contributed by atoms with Gasteiger partial charge < -0.3 is 15.6 Å². The van der Waals surface area contributed by atoms with Gasteiger partial charge in [-0.15, -0.1) is 0 Å². The highest BCUT2D eigenvalue weighted by molar-refractivity contribution is 6.12. The lowest BCUT2D eigenvalue weighted by Gasteiger charge is -2.10. The Hall–Kier alpha value is -4.59. The molecule has 0 unspecified atom stereocenters. The molecule has 0 bridgehead atoms. The van der Waals surface area contributed by atoms with Gasteiger partial charge in [-0.25, -0.2) is 15.0 Å². The fourth-order valence-electron chi connectivity index (χ4n) is 3.60. The van der Waals surface area contributed by atoms with Crippen molar-refractivity contribution in [3.05, 3.63) is 90.0 Å². The molecule has 5 rings (SSSR count). The molecule has 0 aliphatic rings. The van der Waals surface area contributed by atoms with E-state index in [1.54, 1.807) is 30.6 Å². The smallest absolute Gasteiger partial charge is 0.257 e. The Morgan fingerprint density at radius 2 is 1.88 bits per heavy atom. The minimum absolute atomic E-state index is 0.214. The van der Waals surface area contributed by atoms with Crippen LogP contribution in [0.15, 0.2) is 73.3 Å². The number of carbonyl (C=O) groups excluding carboxylic acids is 2. The van der Waals surface area contributed by atoms with Crippen LogP contribution in [0.25, 0.3) is 21.9 Å². The normalized spacial score (nSPS) is 10.9. The highest BCUT2D eigenvalue weighted by Gasteiger charge is 2.13. The van der Waals surface area contributed by atoms with Crippen molar-refractivity contribution in [1.29, 1.82) is 0 Å². The third-order valence-corrected chi connectivity index (χ3v) is 5.12. The average Bonchev–Trinajstić information content (AvgIpc) is 3.27. The van der Waals surface area contributed by atoms with Crippen LogP contribution in [0.5, 0.6) is 0 Å². The summed E-state index contributed by atoms with van der Waals surface area (Å²) in [6, 6.07) is 16.5. The molecule has 155 valence electrons. The summed E-state index contributed by atoms with van der Waals surface area (Å²) in [6.07, 6.45) is 6.65. The van der Waals surface area contributed by atoms with Crippen LogP contribution in [0.4, 0.5) is 11.5 Å². The number of H-pyrrole nitrogens is 1. The number of fused-ring (bicyclic) bond motifs is 2. The first-order valence-electron chi connectivity index (χ1n) is 9.91. The van der Waals surface area contributed by atoms with Gasteiger partial charge in [0.1, 0.15) is 17.8 Å². The molecule has 5 aromatic rings. The van der Waals surface area contributed by atoms with Crippen LogP contribution in [-0.2, 0) is 11.3 Å². The van der Waals surface area contributed by atoms with E-state index in [2.05, 4.69) is 30.6 Å². The number of carbonyl (C=O) groups is 1.